The highest BCUT2D eigenvalue weighted by atomic mass is 19.4. The molecule has 1 atom stereocenters. The number of hydrogen-bond acceptors (Lipinski definition) is 7. The van der Waals surface area contributed by atoms with Crippen molar-refractivity contribution in [3.8, 4) is 22.9 Å². The van der Waals surface area contributed by atoms with Crippen LogP contribution in [0, 0.1) is 0 Å². The second-order valence-electron chi connectivity index (χ2n) is 8.57. The first-order valence-corrected chi connectivity index (χ1v) is 11.6. The minimum absolute atomic E-state index is 0.0156. The van der Waals surface area contributed by atoms with Crippen molar-refractivity contribution in [2.75, 3.05) is 25.4 Å². The van der Waals surface area contributed by atoms with Crippen LogP contribution in [0.15, 0.2) is 54.6 Å². The smallest absolute Gasteiger partial charge is 0.433 e. The fourth-order valence-corrected chi connectivity index (χ4v) is 4.22. The maximum absolute atomic E-state index is 12.9. The second-order valence-corrected chi connectivity index (χ2v) is 8.57. The van der Waals surface area contributed by atoms with Crippen LogP contribution in [0.2, 0.25) is 0 Å². The van der Waals surface area contributed by atoms with Crippen LogP contribution in [0.25, 0.3) is 11.3 Å². The normalized spacial score (nSPS) is 16.1. The molecule has 10 nitrogen and oxygen atoms in total. The lowest BCUT2D eigenvalue weighted by Gasteiger charge is -2.32. The van der Waals surface area contributed by atoms with E-state index in [9.17, 15) is 22.8 Å². The Hall–Kier alpha value is -4.39. The summed E-state index contributed by atoms with van der Waals surface area (Å²) in [6, 6.07) is 9.14. The number of nitrogens with zero attached hydrogens (tertiary/aromatic N) is 4. The summed E-state index contributed by atoms with van der Waals surface area (Å²) in [7, 11) is 0. The maximum Gasteiger partial charge on any atom is 0.433 e. The number of anilines is 1. The van der Waals surface area contributed by atoms with Gasteiger partial charge in [0.1, 0.15) is 28.5 Å². The number of piperidine rings is 1. The maximum atomic E-state index is 12.9. The predicted molar refractivity (Wildman–Crippen MR) is 131 cm³/mol. The summed E-state index contributed by atoms with van der Waals surface area (Å²) >= 11 is 0. The van der Waals surface area contributed by atoms with Crippen molar-refractivity contribution in [3.63, 3.8) is 0 Å². The summed E-state index contributed by atoms with van der Waals surface area (Å²) in [6.07, 6.45) is -0.610. The van der Waals surface area contributed by atoms with Gasteiger partial charge in [-0.15, -0.1) is 0 Å². The van der Waals surface area contributed by atoms with Crippen molar-refractivity contribution in [1.29, 1.82) is 0 Å². The Morgan fingerprint density at radius 1 is 1.18 bits per heavy atom. The van der Waals surface area contributed by atoms with Crippen LogP contribution >= 0.6 is 0 Å². The molecule has 1 saturated heterocycles. The van der Waals surface area contributed by atoms with Crippen LogP contribution in [0.4, 0.5) is 19.0 Å². The number of nitrogens with two attached hydrogens (primary N) is 2. The van der Waals surface area contributed by atoms with Gasteiger partial charge in [-0.05, 0) is 43.2 Å². The second kappa shape index (κ2) is 10.9. The number of primary amides is 1. The molecule has 3 heterocycles. The van der Waals surface area contributed by atoms with Gasteiger partial charge in [0.15, 0.2) is 0 Å². The third-order valence-electron chi connectivity index (χ3n) is 5.98. The van der Waals surface area contributed by atoms with Crippen LogP contribution in [-0.4, -0.2) is 56.3 Å². The van der Waals surface area contributed by atoms with E-state index in [2.05, 4.69) is 10.1 Å². The SMILES string of the molecule is NC(=O)c1c(-c2ccc(Oc3cccc(C(F)(F)F)n3)cc2)nn([C@@H]2CCCN(C(=O)C=CCO)C2)c1N. The van der Waals surface area contributed by atoms with Crippen LogP contribution in [0.5, 0.6) is 11.6 Å². The van der Waals surface area contributed by atoms with E-state index >= 15 is 0 Å². The monoisotopic (exact) mass is 530 g/mol. The lowest BCUT2D eigenvalue weighted by atomic mass is 10.1. The first-order chi connectivity index (χ1) is 18.1. The van der Waals surface area contributed by atoms with Gasteiger partial charge in [-0.1, -0.05) is 12.1 Å². The number of hydrogen-bond donors (Lipinski definition) is 3. The molecule has 1 aliphatic heterocycles. The van der Waals surface area contributed by atoms with Crippen molar-refractivity contribution in [3.05, 3.63) is 65.9 Å². The molecule has 3 aromatic rings. The third kappa shape index (κ3) is 5.78. The van der Waals surface area contributed by atoms with E-state index in [1.54, 1.807) is 17.0 Å². The van der Waals surface area contributed by atoms with Crippen molar-refractivity contribution in [2.24, 2.45) is 5.73 Å². The molecule has 1 aromatic carbocycles. The van der Waals surface area contributed by atoms with Gasteiger partial charge in [0.25, 0.3) is 5.91 Å². The molecular weight excluding hydrogens is 505 g/mol. The lowest BCUT2D eigenvalue weighted by molar-refractivity contribution is -0.141. The van der Waals surface area contributed by atoms with Gasteiger partial charge < -0.3 is 26.2 Å². The molecule has 2 aromatic heterocycles. The molecule has 200 valence electrons. The standard InChI is InChI=1S/C25H25F3N6O4/c26-25(27,28)18-5-1-6-19(31-18)38-17-10-8-15(9-11-17)22-21(24(30)37)23(29)34(32-22)16-4-2-12-33(14-16)20(36)7-3-13-35/h1,3,5-11,16,35H,2,4,12-14,29H2,(H2,30,37)/t16-/m1/s1. The zero-order valence-corrected chi connectivity index (χ0v) is 20.1. The van der Waals surface area contributed by atoms with Crippen LogP contribution in [-0.2, 0) is 11.0 Å². The molecule has 0 spiro atoms. The molecule has 0 bridgehead atoms. The highest BCUT2D eigenvalue weighted by Crippen LogP contribution is 2.34. The van der Waals surface area contributed by atoms with E-state index in [0.29, 0.717) is 31.5 Å². The van der Waals surface area contributed by atoms with E-state index < -0.39 is 17.8 Å². The zero-order chi connectivity index (χ0) is 27.4. The number of carbonyl (C=O) groups excluding carboxylic acids is 2. The molecule has 38 heavy (non-hydrogen) atoms. The summed E-state index contributed by atoms with van der Waals surface area (Å²) in [5, 5.41) is 13.5. The Labute approximate surface area is 215 Å². The van der Waals surface area contributed by atoms with Crippen LogP contribution < -0.4 is 16.2 Å². The number of ether oxygens (including phenoxy) is 1. The molecule has 0 unspecified atom stereocenters. The average Bonchev–Trinajstić information content (AvgIpc) is 3.24. The van der Waals surface area contributed by atoms with Gasteiger partial charge in [0, 0.05) is 30.8 Å². The van der Waals surface area contributed by atoms with Gasteiger partial charge in [-0.25, -0.2) is 9.67 Å². The molecule has 2 amide bonds. The molecule has 4 rings (SSSR count). The fourth-order valence-electron chi connectivity index (χ4n) is 4.22. The topological polar surface area (TPSA) is 150 Å². The van der Waals surface area contributed by atoms with Gasteiger partial charge in [-0.3, -0.25) is 9.59 Å². The van der Waals surface area contributed by atoms with Crippen molar-refractivity contribution in [2.45, 2.75) is 25.1 Å². The molecular formula is C25H25F3N6O4. The van der Waals surface area contributed by atoms with Crippen molar-refractivity contribution in [1.82, 2.24) is 19.7 Å². The number of aromatic nitrogens is 3. The first kappa shape index (κ1) is 26.7. The number of amides is 2. The van der Waals surface area contributed by atoms with Gasteiger partial charge in [0.2, 0.25) is 11.8 Å². The minimum atomic E-state index is -4.61. The number of benzene rings is 1. The summed E-state index contributed by atoms with van der Waals surface area (Å²) in [6.45, 7) is 0.583. The van der Waals surface area contributed by atoms with Crippen LogP contribution in [0.3, 0.4) is 0 Å². The number of rotatable bonds is 7. The minimum Gasteiger partial charge on any atom is -0.439 e. The first-order valence-electron chi connectivity index (χ1n) is 11.6. The molecule has 0 saturated carbocycles. The molecule has 1 fully saturated rings. The third-order valence-corrected chi connectivity index (χ3v) is 5.98. The Bertz CT molecular complexity index is 1350. The van der Waals surface area contributed by atoms with Gasteiger partial charge >= 0.3 is 6.18 Å². The van der Waals surface area contributed by atoms with E-state index in [1.165, 1.54) is 41.1 Å². The lowest BCUT2D eigenvalue weighted by Crippen LogP contribution is -2.40. The molecule has 13 heteroatoms. The summed E-state index contributed by atoms with van der Waals surface area (Å²) < 4.78 is 45.7. The van der Waals surface area contributed by atoms with E-state index in [4.69, 9.17) is 21.3 Å². The number of halogens is 3. The number of carbonyl (C=O) groups is 2. The van der Waals surface area contributed by atoms with E-state index in [-0.39, 0.29) is 47.3 Å². The quantitative estimate of drug-likeness (QED) is 0.397. The van der Waals surface area contributed by atoms with Crippen molar-refractivity contribution >= 4 is 17.6 Å². The summed E-state index contributed by atoms with van der Waals surface area (Å²) in [4.78, 5) is 29.7. The van der Waals surface area contributed by atoms with Crippen LogP contribution in [0.1, 0.15) is 34.9 Å². The molecule has 5 N–H and O–H groups in total. The van der Waals surface area contributed by atoms with E-state index in [0.717, 1.165) is 6.07 Å². The number of likely N-dealkylation sites (tertiary alicyclic amines) is 1. The Morgan fingerprint density at radius 2 is 1.92 bits per heavy atom. The largest absolute Gasteiger partial charge is 0.439 e. The number of nitrogen functional groups attached to an aromatic ring is 1. The average molecular weight is 531 g/mol. The Kier molecular flexibility index (Phi) is 7.67. The number of pyridine rings is 1. The highest BCUT2D eigenvalue weighted by Gasteiger charge is 2.33. The zero-order valence-electron chi connectivity index (χ0n) is 20.1. The summed E-state index contributed by atoms with van der Waals surface area (Å²) in [5.41, 5.74) is 11.5. The van der Waals surface area contributed by atoms with Gasteiger partial charge in [-0.2, -0.15) is 18.3 Å². The number of aliphatic hydroxyl groups is 1. The van der Waals surface area contributed by atoms with Gasteiger partial charge in [0.05, 0.1) is 12.6 Å². The number of alkyl halides is 3. The van der Waals surface area contributed by atoms with E-state index in [1.807, 2.05) is 0 Å². The fraction of sp³-hybridized carbons (Fsp3) is 0.280. The van der Waals surface area contributed by atoms with Crippen molar-refractivity contribution < 1.29 is 32.6 Å². The predicted octanol–water partition coefficient (Wildman–Crippen LogP) is 3.15. The molecule has 0 aliphatic carbocycles. The molecule has 1 aliphatic rings. The summed E-state index contributed by atoms with van der Waals surface area (Å²) in [5.74, 6) is -0.996. The Morgan fingerprint density at radius 3 is 2.58 bits per heavy atom. The Balaban J connectivity index is 1.58. The number of aliphatic hydroxyl groups excluding tert-OH is 1. The highest BCUT2D eigenvalue weighted by molar-refractivity contribution is 6.03. The molecule has 0 radical (unpaired) electrons.